The second-order valence-electron chi connectivity index (χ2n) is 11.1. The molecule has 2 fully saturated rings. The summed E-state index contributed by atoms with van der Waals surface area (Å²) in [7, 11) is 1.64. The summed E-state index contributed by atoms with van der Waals surface area (Å²) < 4.78 is 11.0. The van der Waals surface area contributed by atoms with E-state index in [1.807, 2.05) is 41.9 Å². The number of methoxy groups -OCH3 is 1. The Balaban J connectivity index is 1.32. The first-order valence-corrected chi connectivity index (χ1v) is 15.2. The van der Waals surface area contributed by atoms with Crippen molar-refractivity contribution >= 4 is 28.2 Å². The van der Waals surface area contributed by atoms with Crippen LogP contribution < -0.4 is 4.74 Å². The molecule has 2 aliphatic rings. The van der Waals surface area contributed by atoms with Gasteiger partial charge in [0.25, 0.3) is 0 Å². The first-order chi connectivity index (χ1) is 19.9. The Kier molecular flexibility index (Phi) is 9.91. The molecule has 0 aliphatic carbocycles. The highest BCUT2D eigenvalue weighted by Gasteiger charge is 2.37. The fourth-order valence-corrected chi connectivity index (χ4v) is 6.67. The number of hydrogen-bond donors (Lipinski definition) is 2. The number of nitrogens with zero attached hydrogens (tertiary/aromatic N) is 3. The van der Waals surface area contributed by atoms with Gasteiger partial charge in [0.2, 0.25) is 0 Å². The maximum atomic E-state index is 12.0. The normalized spacial score (nSPS) is 18.5. The van der Waals surface area contributed by atoms with Gasteiger partial charge in [-0.25, -0.2) is 0 Å². The standard InChI is InChI=1S/C32H39N3O5S/c1-39-25-6-7-28-27(20-25)31(24(22-33-28)23-35-15-17-40-18-16-35)29(36)8-9-32(21-30(37)38)10-13-34(14-11-32)12-2-4-26-5-3-19-41-26/h3,5-7,19-20,22,29,36H,8-18,21,23H2,1H3,(H,37,38). The van der Waals surface area contributed by atoms with Crippen LogP contribution in [0.25, 0.3) is 10.9 Å². The van der Waals surface area contributed by atoms with E-state index in [9.17, 15) is 15.0 Å². The van der Waals surface area contributed by atoms with Gasteiger partial charge < -0.3 is 19.7 Å². The van der Waals surface area contributed by atoms with Crippen LogP contribution in [-0.4, -0.2) is 84.0 Å². The van der Waals surface area contributed by atoms with Gasteiger partial charge in [0.05, 0.1) is 49.8 Å². The Labute approximate surface area is 245 Å². The van der Waals surface area contributed by atoms with Crippen LogP contribution in [0.2, 0.25) is 0 Å². The second-order valence-corrected chi connectivity index (χ2v) is 12.1. The summed E-state index contributed by atoms with van der Waals surface area (Å²) in [6, 6.07) is 9.78. The summed E-state index contributed by atoms with van der Waals surface area (Å²) in [6.45, 7) is 6.03. The summed E-state index contributed by atoms with van der Waals surface area (Å²) in [5.74, 6) is 6.42. The van der Waals surface area contributed by atoms with Crippen molar-refractivity contribution in [3.05, 3.63) is 57.9 Å². The first-order valence-electron chi connectivity index (χ1n) is 14.3. The summed E-state index contributed by atoms with van der Waals surface area (Å²) in [4.78, 5) is 22.3. The molecule has 2 saturated heterocycles. The number of fused-ring (bicyclic) bond motifs is 1. The van der Waals surface area contributed by atoms with Crippen molar-refractivity contribution in [2.24, 2.45) is 5.41 Å². The number of hydrogen-bond acceptors (Lipinski definition) is 8. The van der Waals surface area contributed by atoms with Gasteiger partial charge in [-0.05, 0) is 85.0 Å². The van der Waals surface area contributed by atoms with Crippen LogP contribution in [0, 0.1) is 17.3 Å². The molecule has 2 N–H and O–H groups in total. The SMILES string of the molecule is COc1ccc2ncc(CN3CCOCC3)c(C(O)CCC3(CC(=O)O)CCN(CC#Cc4cccs4)CC3)c2c1. The third kappa shape index (κ3) is 7.64. The van der Waals surface area contributed by atoms with Crippen molar-refractivity contribution in [3.63, 3.8) is 0 Å². The van der Waals surface area contributed by atoms with E-state index in [1.54, 1.807) is 18.4 Å². The Morgan fingerprint density at radius 1 is 1.20 bits per heavy atom. The average Bonchev–Trinajstić information content (AvgIpc) is 3.50. The maximum Gasteiger partial charge on any atom is 0.303 e. The van der Waals surface area contributed by atoms with Crippen LogP contribution in [0.3, 0.4) is 0 Å². The number of carboxylic acids is 1. The number of aliphatic hydroxyl groups is 1. The van der Waals surface area contributed by atoms with Gasteiger partial charge in [0.15, 0.2) is 0 Å². The molecule has 41 heavy (non-hydrogen) atoms. The molecule has 4 heterocycles. The average molecular weight is 578 g/mol. The number of rotatable bonds is 10. The van der Waals surface area contributed by atoms with Gasteiger partial charge in [-0.1, -0.05) is 17.9 Å². The van der Waals surface area contributed by atoms with E-state index in [2.05, 4.69) is 21.6 Å². The number of piperidine rings is 1. The molecule has 218 valence electrons. The lowest BCUT2D eigenvalue weighted by atomic mass is 9.71. The lowest BCUT2D eigenvalue weighted by Crippen LogP contribution is -2.41. The molecule has 1 atom stereocenters. The van der Waals surface area contributed by atoms with Crippen LogP contribution in [0.1, 0.15) is 54.2 Å². The Hall–Kier alpha value is -3.00. The minimum Gasteiger partial charge on any atom is -0.497 e. The van der Waals surface area contributed by atoms with Crippen molar-refractivity contribution in [1.29, 1.82) is 0 Å². The number of carbonyl (C=O) groups is 1. The van der Waals surface area contributed by atoms with Gasteiger partial charge in [-0.15, -0.1) is 11.3 Å². The van der Waals surface area contributed by atoms with E-state index < -0.39 is 12.1 Å². The molecule has 0 amide bonds. The number of likely N-dealkylation sites (tertiary alicyclic amines) is 1. The molecule has 9 heteroatoms. The molecule has 0 bridgehead atoms. The van der Waals surface area contributed by atoms with Gasteiger partial charge in [0, 0.05) is 31.2 Å². The van der Waals surface area contributed by atoms with E-state index >= 15 is 0 Å². The van der Waals surface area contributed by atoms with Crippen LogP contribution >= 0.6 is 11.3 Å². The molecular weight excluding hydrogens is 538 g/mol. The fourth-order valence-electron chi connectivity index (χ4n) is 6.08. The zero-order valence-electron chi connectivity index (χ0n) is 23.7. The summed E-state index contributed by atoms with van der Waals surface area (Å²) in [5.41, 5.74) is 2.32. The minimum atomic E-state index is -0.780. The van der Waals surface area contributed by atoms with Gasteiger partial charge in [0.1, 0.15) is 5.75 Å². The molecule has 1 aromatic carbocycles. The van der Waals surface area contributed by atoms with Crippen molar-refractivity contribution in [2.75, 3.05) is 53.0 Å². The number of pyridine rings is 1. The van der Waals surface area contributed by atoms with Crippen LogP contribution in [0.4, 0.5) is 0 Å². The summed E-state index contributed by atoms with van der Waals surface area (Å²) >= 11 is 1.64. The smallest absolute Gasteiger partial charge is 0.303 e. The highest BCUT2D eigenvalue weighted by molar-refractivity contribution is 7.10. The van der Waals surface area contributed by atoms with Crippen molar-refractivity contribution in [3.8, 4) is 17.6 Å². The monoisotopic (exact) mass is 577 g/mol. The largest absolute Gasteiger partial charge is 0.497 e. The minimum absolute atomic E-state index is 0.111. The van der Waals surface area contributed by atoms with E-state index in [4.69, 9.17) is 14.5 Å². The third-order valence-corrected chi connectivity index (χ3v) is 9.24. The molecule has 8 nitrogen and oxygen atoms in total. The summed E-state index contributed by atoms with van der Waals surface area (Å²) in [5, 5.41) is 24.5. The second kappa shape index (κ2) is 13.8. The number of ether oxygens (including phenoxy) is 2. The number of benzene rings is 1. The van der Waals surface area contributed by atoms with Crippen molar-refractivity contribution < 1.29 is 24.5 Å². The molecular formula is C32H39N3O5S. The lowest BCUT2D eigenvalue weighted by Gasteiger charge is -2.41. The van der Waals surface area contributed by atoms with E-state index in [0.29, 0.717) is 44.9 Å². The molecule has 0 saturated carbocycles. The van der Waals surface area contributed by atoms with Gasteiger partial charge in [-0.3, -0.25) is 19.6 Å². The van der Waals surface area contributed by atoms with Gasteiger partial charge in [-0.2, -0.15) is 0 Å². The number of morpholine rings is 1. The van der Waals surface area contributed by atoms with E-state index in [0.717, 1.165) is 65.9 Å². The molecule has 0 spiro atoms. The number of carboxylic acid groups (broad SMARTS) is 1. The molecule has 2 aliphatic heterocycles. The Morgan fingerprint density at radius 3 is 2.71 bits per heavy atom. The lowest BCUT2D eigenvalue weighted by molar-refractivity contribution is -0.141. The molecule has 0 radical (unpaired) electrons. The predicted molar refractivity (Wildman–Crippen MR) is 160 cm³/mol. The number of aliphatic carboxylic acids is 1. The number of aliphatic hydroxyl groups excluding tert-OH is 1. The topological polar surface area (TPSA) is 95.4 Å². The Morgan fingerprint density at radius 2 is 2.00 bits per heavy atom. The van der Waals surface area contributed by atoms with E-state index in [1.165, 1.54) is 0 Å². The van der Waals surface area contributed by atoms with Crippen LogP contribution in [0.5, 0.6) is 5.75 Å². The Bertz CT molecular complexity index is 1370. The predicted octanol–water partition coefficient (Wildman–Crippen LogP) is 4.56. The van der Waals surface area contributed by atoms with Crippen molar-refractivity contribution in [2.45, 2.75) is 44.8 Å². The van der Waals surface area contributed by atoms with Crippen molar-refractivity contribution in [1.82, 2.24) is 14.8 Å². The summed E-state index contributed by atoms with van der Waals surface area (Å²) in [6.07, 6.45) is 3.92. The third-order valence-electron chi connectivity index (χ3n) is 8.46. The zero-order chi connectivity index (χ0) is 28.7. The number of aromatic nitrogens is 1. The van der Waals surface area contributed by atoms with Crippen LogP contribution in [-0.2, 0) is 16.1 Å². The highest BCUT2D eigenvalue weighted by atomic mass is 32.1. The van der Waals surface area contributed by atoms with E-state index in [-0.39, 0.29) is 11.8 Å². The molecule has 1 unspecified atom stereocenters. The highest BCUT2D eigenvalue weighted by Crippen LogP contribution is 2.42. The van der Waals surface area contributed by atoms with Gasteiger partial charge >= 0.3 is 5.97 Å². The quantitative estimate of drug-likeness (QED) is 0.339. The zero-order valence-corrected chi connectivity index (χ0v) is 24.5. The fraction of sp³-hybridized carbons (Fsp3) is 0.500. The molecule has 5 rings (SSSR count). The molecule has 3 aromatic rings. The first kappa shape index (κ1) is 29.5. The van der Waals surface area contributed by atoms with Crippen LogP contribution in [0.15, 0.2) is 41.9 Å². The molecule has 2 aromatic heterocycles. The number of thiophene rings is 1. The maximum absolute atomic E-state index is 12.0.